The molecule has 0 spiro atoms. The zero-order valence-corrected chi connectivity index (χ0v) is 20.9. The summed E-state index contributed by atoms with van der Waals surface area (Å²) in [5, 5.41) is 6.37. The van der Waals surface area contributed by atoms with Crippen LogP contribution >= 0.6 is 0 Å². The van der Waals surface area contributed by atoms with E-state index >= 15 is 0 Å². The molecule has 1 aliphatic heterocycles. The number of benzene rings is 1. The topological polar surface area (TPSA) is 145 Å². The maximum atomic E-state index is 12.7. The van der Waals surface area contributed by atoms with Crippen molar-refractivity contribution in [3.8, 4) is 0 Å². The van der Waals surface area contributed by atoms with Gasteiger partial charge in [-0.2, -0.15) is 0 Å². The van der Waals surface area contributed by atoms with Crippen molar-refractivity contribution in [3.63, 3.8) is 0 Å². The van der Waals surface area contributed by atoms with Crippen molar-refractivity contribution in [2.75, 3.05) is 44.1 Å². The first-order chi connectivity index (χ1) is 14.9. The first-order valence-electron chi connectivity index (χ1n) is 11.6. The zero-order valence-electron chi connectivity index (χ0n) is 20.9. The average Bonchev–Trinajstić information content (AvgIpc) is 3.26. The highest BCUT2D eigenvalue weighted by Crippen LogP contribution is 2.33. The summed E-state index contributed by atoms with van der Waals surface area (Å²) >= 11 is 0. The van der Waals surface area contributed by atoms with Gasteiger partial charge < -0.3 is 33.6 Å². The van der Waals surface area contributed by atoms with Crippen molar-refractivity contribution >= 4 is 23.0 Å². The second kappa shape index (κ2) is 18.9. The van der Waals surface area contributed by atoms with E-state index < -0.39 is 0 Å². The van der Waals surface area contributed by atoms with Crippen LogP contribution in [0, 0.1) is 5.41 Å². The lowest BCUT2D eigenvalue weighted by Crippen LogP contribution is -2.30. The molecule has 0 saturated carbocycles. The standard InChI is InChI=1S/C21H35N3O.3CH5N/c1-4-5-6-7-8-9-10-12-21(2,3)20(25)24-17-14-16-11-13-23-19(16)18(22)15-17;3*1-2/h14-15,23H,4-13,22H2,1-3H3,(H,24,25);3*2H2,1H3. The molecule has 0 radical (unpaired) electrons. The van der Waals surface area contributed by atoms with Crippen LogP contribution < -0.4 is 33.6 Å². The van der Waals surface area contributed by atoms with Gasteiger partial charge in [0, 0.05) is 17.6 Å². The third kappa shape index (κ3) is 12.0. The van der Waals surface area contributed by atoms with Crippen LogP contribution in [0.1, 0.15) is 77.7 Å². The molecule has 7 nitrogen and oxygen atoms in total. The number of fused-ring (bicyclic) bond motifs is 1. The van der Waals surface area contributed by atoms with Crippen molar-refractivity contribution in [2.24, 2.45) is 22.6 Å². The average molecular weight is 439 g/mol. The van der Waals surface area contributed by atoms with Gasteiger partial charge in [-0.05, 0) is 51.7 Å². The molecule has 0 aromatic heterocycles. The van der Waals surface area contributed by atoms with Crippen LogP contribution in [-0.2, 0) is 11.2 Å². The summed E-state index contributed by atoms with van der Waals surface area (Å²) in [5.41, 5.74) is 23.0. The van der Waals surface area contributed by atoms with E-state index in [4.69, 9.17) is 5.73 Å². The second-order valence-corrected chi connectivity index (χ2v) is 7.99. The fourth-order valence-corrected chi connectivity index (χ4v) is 3.47. The van der Waals surface area contributed by atoms with E-state index in [1.807, 2.05) is 26.0 Å². The van der Waals surface area contributed by atoms with Gasteiger partial charge in [-0.15, -0.1) is 0 Å². The predicted octanol–water partition coefficient (Wildman–Crippen LogP) is 4.07. The van der Waals surface area contributed by atoms with Gasteiger partial charge in [-0.25, -0.2) is 0 Å². The maximum absolute atomic E-state index is 12.7. The van der Waals surface area contributed by atoms with E-state index in [1.54, 1.807) is 0 Å². The minimum Gasteiger partial charge on any atom is -0.397 e. The molecule has 1 heterocycles. The van der Waals surface area contributed by atoms with Crippen molar-refractivity contribution in [1.82, 2.24) is 0 Å². The summed E-state index contributed by atoms with van der Waals surface area (Å²) < 4.78 is 0. The van der Waals surface area contributed by atoms with Gasteiger partial charge in [0.2, 0.25) is 5.91 Å². The summed E-state index contributed by atoms with van der Waals surface area (Å²) in [6, 6.07) is 3.91. The lowest BCUT2D eigenvalue weighted by molar-refractivity contribution is -0.124. The fraction of sp³-hybridized carbons (Fsp3) is 0.708. The molecule has 0 aliphatic carbocycles. The predicted molar refractivity (Wildman–Crippen MR) is 138 cm³/mol. The smallest absolute Gasteiger partial charge is 0.230 e. The highest BCUT2D eigenvalue weighted by atomic mass is 16.2. The Balaban J connectivity index is 0. The molecule has 31 heavy (non-hydrogen) atoms. The van der Waals surface area contributed by atoms with E-state index in [1.165, 1.54) is 65.2 Å². The number of carbonyl (C=O) groups excluding carboxylic acids is 1. The number of nitrogens with two attached hydrogens (primary N) is 4. The molecule has 1 aromatic carbocycles. The van der Waals surface area contributed by atoms with Crippen molar-refractivity contribution in [1.29, 1.82) is 0 Å². The highest BCUT2D eigenvalue weighted by Gasteiger charge is 2.27. The number of hydrogen-bond donors (Lipinski definition) is 6. The van der Waals surface area contributed by atoms with Gasteiger partial charge >= 0.3 is 0 Å². The van der Waals surface area contributed by atoms with Gasteiger partial charge in [-0.3, -0.25) is 4.79 Å². The third-order valence-electron chi connectivity index (χ3n) is 5.22. The number of nitrogens with one attached hydrogen (secondary N) is 2. The quantitative estimate of drug-likeness (QED) is 0.240. The van der Waals surface area contributed by atoms with Crippen molar-refractivity contribution in [2.45, 2.75) is 78.6 Å². The summed E-state index contributed by atoms with van der Waals surface area (Å²) in [6.45, 7) is 7.24. The number of hydrogen-bond acceptors (Lipinski definition) is 6. The molecule has 2 rings (SSSR count). The second-order valence-electron chi connectivity index (χ2n) is 7.99. The molecule has 1 aliphatic rings. The lowest BCUT2D eigenvalue weighted by Gasteiger charge is -2.24. The minimum absolute atomic E-state index is 0.0868. The molecule has 182 valence electrons. The number of nitrogen functional groups attached to an aromatic ring is 1. The fourth-order valence-electron chi connectivity index (χ4n) is 3.47. The normalized spacial score (nSPS) is 11.4. The molecule has 0 unspecified atom stereocenters. The molecule has 0 bridgehead atoms. The SMILES string of the molecule is CCCCCCCCCC(C)(C)C(=O)Nc1cc(N)c2c(c1)CCN2.CN.CN.CN. The summed E-state index contributed by atoms with van der Waals surface area (Å²) in [6.07, 6.45) is 10.8. The first-order valence-corrected chi connectivity index (χ1v) is 11.6. The number of amides is 1. The molecule has 0 atom stereocenters. The van der Waals surface area contributed by atoms with Crippen molar-refractivity contribution in [3.05, 3.63) is 17.7 Å². The Bertz CT molecular complexity index is 590. The van der Waals surface area contributed by atoms with E-state index in [-0.39, 0.29) is 11.3 Å². The Hall–Kier alpha value is -1.83. The van der Waals surface area contributed by atoms with Crippen molar-refractivity contribution < 1.29 is 4.79 Å². The summed E-state index contributed by atoms with van der Waals surface area (Å²) in [5.74, 6) is 0.0868. The zero-order chi connectivity index (χ0) is 24.3. The molecule has 7 heteroatoms. The van der Waals surface area contributed by atoms with Crippen LogP contribution in [0.3, 0.4) is 0 Å². The van der Waals surface area contributed by atoms with E-state index in [2.05, 4.69) is 34.8 Å². The van der Waals surface area contributed by atoms with Crippen LogP contribution in [0.4, 0.5) is 17.1 Å². The Morgan fingerprint density at radius 3 is 2.10 bits per heavy atom. The molecule has 0 fully saturated rings. The molecule has 1 amide bonds. The number of unbranched alkanes of at least 4 members (excludes halogenated alkanes) is 6. The van der Waals surface area contributed by atoms with Crippen LogP contribution in [0.15, 0.2) is 12.1 Å². The Morgan fingerprint density at radius 2 is 1.52 bits per heavy atom. The Labute approximate surface area is 191 Å². The summed E-state index contributed by atoms with van der Waals surface area (Å²) in [4.78, 5) is 12.7. The molecule has 0 saturated heterocycles. The maximum Gasteiger partial charge on any atom is 0.230 e. The van der Waals surface area contributed by atoms with Gasteiger partial charge in [0.1, 0.15) is 0 Å². The Kier molecular flexibility index (Phi) is 19.1. The van der Waals surface area contributed by atoms with Crippen LogP contribution in [0.2, 0.25) is 0 Å². The van der Waals surface area contributed by atoms with Gasteiger partial charge in [0.05, 0.1) is 11.4 Å². The van der Waals surface area contributed by atoms with Crippen LogP contribution in [-0.4, -0.2) is 33.6 Å². The van der Waals surface area contributed by atoms with E-state index in [0.29, 0.717) is 0 Å². The van der Waals surface area contributed by atoms with E-state index in [0.717, 1.165) is 42.9 Å². The molecule has 10 N–H and O–H groups in total. The largest absolute Gasteiger partial charge is 0.397 e. The van der Waals surface area contributed by atoms with Gasteiger partial charge in [0.15, 0.2) is 0 Å². The number of anilines is 3. The Morgan fingerprint density at radius 1 is 0.968 bits per heavy atom. The minimum atomic E-state index is -0.352. The monoisotopic (exact) mass is 438 g/mol. The summed E-state index contributed by atoms with van der Waals surface area (Å²) in [7, 11) is 4.50. The molecular weight excluding hydrogens is 388 g/mol. The third-order valence-corrected chi connectivity index (χ3v) is 5.22. The number of carbonyl (C=O) groups is 1. The van der Waals surface area contributed by atoms with Gasteiger partial charge in [-0.1, -0.05) is 65.7 Å². The highest BCUT2D eigenvalue weighted by molar-refractivity contribution is 5.96. The first kappa shape index (κ1) is 31.4. The van der Waals surface area contributed by atoms with Crippen LogP contribution in [0.5, 0.6) is 0 Å². The van der Waals surface area contributed by atoms with Crippen LogP contribution in [0.25, 0.3) is 0 Å². The van der Waals surface area contributed by atoms with Gasteiger partial charge in [0.25, 0.3) is 0 Å². The lowest BCUT2D eigenvalue weighted by atomic mass is 9.85. The molecule has 1 aromatic rings. The van der Waals surface area contributed by atoms with E-state index in [9.17, 15) is 4.79 Å². The number of rotatable bonds is 10. The molecular formula is C24H50N6O.